The van der Waals surface area contributed by atoms with Crippen molar-refractivity contribution in [2.75, 3.05) is 0 Å². The molecule has 2 aromatic carbocycles. The van der Waals surface area contributed by atoms with Crippen molar-refractivity contribution in [3.05, 3.63) is 84.6 Å². The molecule has 0 N–H and O–H groups in total. The first kappa shape index (κ1) is 20.1. The highest BCUT2D eigenvalue weighted by Gasteiger charge is 2.17. The van der Waals surface area contributed by atoms with E-state index in [2.05, 4.69) is 26.5 Å². The van der Waals surface area contributed by atoms with Gasteiger partial charge in [-0.25, -0.2) is 24.0 Å². The Kier molecular flexibility index (Phi) is 4.61. The van der Waals surface area contributed by atoms with Crippen molar-refractivity contribution >= 4 is 22.2 Å². The molecule has 0 fully saturated rings. The van der Waals surface area contributed by atoms with Gasteiger partial charge in [-0.1, -0.05) is 17.3 Å². The van der Waals surface area contributed by atoms with Crippen molar-refractivity contribution in [1.82, 2.24) is 39.7 Å². The van der Waals surface area contributed by atoms with Crippen LogP contribution in [0.3, 0.4) is 0 Å². The van der Waals surface area contributed by atoms with Crippen LogP contribution in [0.4, 0.5) is 4.39 Å². The van der Waals surface area contributed by atoms with Gasteiger partial charge in [0.05, 0.1) is 35.3 Å². The number of pyridine rings is 1. The molecule has 34 heavy (non-hydrogen) atoms. The molecule has 0 saturated carbocycles. The van der Waals surface area contributed by atoms with E-state index in [0.717, 1.165) is 33.3 Å². The molecule has 6 aromatic rings. The fourth-order valence-electron chi connectivity index (χ4n) is 4.01. The number of rotatable bonds is 4. The molecule has 0 saturated heterocycles. The molecular weight excluding hydrogens is 431 g/mol. The average Bonchev–Trinajstić information content (AvgIpc) is 3.49. The Morgan fingerprint density at radius 2 is 1.74 bits per heavy atom. The fraction of sp³-hybridized carbons (Fsp3) is 0.120. The zero-order valence-corrected chi connectivity index (χ0v) is 18.5. The third-order valence-corrected chi connectivity index (χ3v) is 5.89. The van der Waals surface area contributed by atoms with Crippen molar-refractivity contribution in [2.45, 2.75) is 13.0 Å². The third-order valence-electron chi connectivity index (χ3n) is 5.89. The molecule has 4 heterocycles. The van der Waals surface area contributed by atoms with Crippen LogP contribution in [0.5, 0.6) is 0 Å². The van der Waals surface area contributed by atoms with Gasteiger partial charge in [0.25, 0.3) is 0 Å². The summed E-state index contributed by atoms with van der Waals surface area (Å²) in [6.45, 7) is 2.05. The molecule has 0 spiro atoms. The van der Waals surface area contributed by atoms with Crippen molar-refractivity contribution in [2.24, 2.45) is 7.05 Å². The first-order valence-corrected chi connectivity index (χ1v) is 10.8. The predicted octanol–water partition coefficient (Wildman–Crippen LogP) is 4.59. The van der Waals surface area contributed by atoms with Gasteiger partial charge in [0.15, 0.2) is 5.65 Å². The van der Waals surface area contributed by atoms with Gasteiger partial charge < -0.3 is 0 Å². The van der Waals surface area contributed by atoms with Gasteiger partial charge in [0.2, 0.25) is 5.65 Å². The summed E-state index contributed by atoms with van der Waals surface area (Å²) in [5, 5.41) is 13.7. The lowest BCUT2D eigenvalue weighted by Gasteiger charge is -2.13. The van der Waals surface area contributed by atoms with Crippen LogP contribution in [0.1, 0.15) is 18.5 Å². The predicted molar refractivity (Wildman–Crippen MR) is 126 cm³/mol. The van der Waals surface area contributed by atoms with E-state index < -0.39 is 0 Å². The summed E-state index contributed by atoms with van der Waals surface area (Å²) in [6.07, 6.45) is 5.33. The Morgan fingerprint density at radius 1 is 0.882 bits per heavy atom. The van der Waals surface area contributed by atoms with Crippen LogP contribution in [-0.2, 0) is 7.05 Å². The Balaban J connectivity index is 1.36. The number of hydrogen-bond donors (Lipinski definition) is 0. The van der Waals surface area contributed by atoms with Crippen LogP contribution in [0, 0.1) is 5.82 Å². The summed E-state index contributed by atoms with van der Waals surface area (Å²) < 4.78 is 16.8. The first-order chi connectivity index (χ1) is 16.5. The Labute approximate surface area is 193 Å². The number of halogens is 1. The van der Waals surface area contributed by atoms with Crippen molar-refractivity contribution in [3.8, 4) is 22.5 Å². The maximum atomic E-state index is 13.3. The van der Waals surface area contributed by atoms with E-state index in [1.165, 1.54) is 12.1 Å². The average molecular weight is 450 g/mol. The van der Waals surface area contributed by atoms with Gasteiger partial charge in [-0.2, -0.15) is 5.10 Å². The van der Waals surface area contributed by atoms with Gasteiger partial charge in [0, 0.05) is 29.8 Å². The normalized spacial score (nSPS) is 12.4. The van der Waals surface area contributed by atoms with E-state index in [-0.39, 0.29) is 11.9 Å². The molecule has 6 rings (SSSR count). The molecule has 0 aliphatic heterocycles. The minimum Gasteiger partial charge on any atom is -0.275 e. The molecule has 0 amide bonds. The van der Waals surface area contributed by atoms with E-state index in [4.69, 9.17) is 9.97 Å². The minimum absolute atomic E-state index is 0.121. The number of benzene rings is 2. The first-order valence-electron chi connectivity index (χ1n) is 10.8. The molecular formula is C25H19FN8. The standard InChI is InChI=1S/C25H19FN8/c1-15(34-25-24(31-32-34)27-13-23(30-25)19-12-28-33(2)14-19)17-5-9-22-18(11-17)6-10-21(29-22)16-3-7-20(26)8-4-16/h3-15H,1-2H3. The summed E-state index contributed by atoms with van der Waals surface area (Å²) in [6, 6.07) is 16.3. The molecule has 1 unspecified atom stereocenters. The van der Waals surface area contributed by atoms with Gasteiger partial charge in [0.1, 0.15) is 5.82 Å². The van der Waals surface area contributed by atoms with Gasteiger partial charge in [-0.3, -0.25) is 4.68 Å². The zero-order valence-electron chi connectivity index (χ0n) is 18.5. The molecule has 9 heteroatoms. The van der Waals surface area contributed by atoms with Crippen LogP contribution in [0.25, 0.3) is 44.7 Å². The number of aryl methyl sites for hydroxylation is 1. The van der Waals surface area contributed by atoms with Crippen LogP contribution in [0.15, 0.2) is 73.2 Å². The Morgan fingerprint density at radius 3 is 2.53 bits per heavy atom. The number of aromatic nitrogens is 8. The van der Waals surface area contributed by atoms with E-state index in [9.17, 15) is 4.39 Å². The summed E-state index contributed by atoms with van der Waals surface area (Å²) in [4.78, 5) is 13.9. The lowest BCUT2D eigenvalue weighted by atomic mass is 10.0. The Bertz CT molecular complexity index is 1650. The highest BCUT2D eigenvalue weighted by Crippen LogP contribution is 2.27. The lowest BCUT2D eigenvalue weighted by molar-refractivity contribution is 0.556. The fourth-order valence-corrected chi connectivity index (χ4v) is 4.01. The largest absolute Gasteiger partial charge is 0.275 e. The van der Waals surface area contributed by atoms with Gasteiger partial charge in [-0.05, 0) is 55.0 Å². The highest BCUT2D eigenvalue weighted by molar-refractivity contribution is 5.82. The SMILES string of the molecule is CC(c1ccc2nc(-c3ccc(F)cc3)ccc2c1)n1nnc2ncc(-c3cnn(C)c3)nc21. The number of hydrogen-bond acceptors (Lipinski definition) is 6. The van der Waals surface area contributed by atoms with E-state index in [1.807, 2.05) is 44.4 Å². The van der Waals surface area contributed by atoms with E-state index in [0.29, 0.717) is 17.0 Å². The highest BCUT2D eigenvalue weighted by atomic mass is 19.1. The summed E-state index contributed by atoms with van der Waals surface area (Å²) in [7, 11) is 1.86. The lowest BCUT2D eigenvalue weighted by Crippen LogP contribution is -2.09. The molecule has 0 bridgehead atoms. The second-order valence-corrected chi connectivity index (χ2v) is 8.17. The molecule has 0 radical (unpaired) electrons. The quantitative estimate of drug-likeness (QED) is 0.391. The molecule has 166 valence electrons. The maximum Gasteiger partial charge on any atom is 0.221 e. The van der Waals surface area contributed by atoms with E-state index in [1.54, 1.807) is 33.9 Å². The van der Waals surface area contributed by atoms with Gasteiger partial charge in [-0.15, -0.1) is 5.10 Å². The van der Waals surface area contributed by atoms with Crippen molar-refractivity contribution in [1.29, 1.82) is 0 Å². The maximum absolute atomic E-state index is 13.3. The third kappa shape index (κ3) is 3.47. The van der Waals surface area contributed by atoms with Crippen LogP contribution < -0.4 is 0 Å². The van der Waals surface area contributed by atoms with Crippen LogP contribution in [-0.4, -0.2) is 39.7 Å². The summed E-state index contributed by atoms with van der Waals surface area (Å²) in [5.41, 5.74) is 6.28. The number of nitrogens with zero attached hydrogens (tertiary/aromatic N) is 8. The Hall–Kier alpha value is -4.53. The van der Waals surface area contributed by atoms with Crippen molar-refractivity contribution < 1.29 is 4.39 Å². The zero-order chi connectivity index (χ0) is 23.2. The topological polar surface area (TPSA) is 87.2 Å². The molecule has 0 aliphatic carbocycles. The summed E-state index contributed by atoms with van der Waals surface area (Å²) >= 11 is 0. The monoisotopic (exact) mass is 450 g/mol. The van der Waals surface area contributed by atoms with Crippen molar-refractivity contribution in [3.63, 3.8) is 0 Å². The smallest absolute Gasteiger partial charge is 0.221 e. The second kappa shape index (κ2) is 7.80. The molecule has 1 atom stereocenters. The molecule has 4 aromatic heterocycles. The second-order valence-electron chi connectivity index (χ2n) is 8.17. The molecule has 8 nitrogen and oxygen atoms in total. The van der Waals surface area contributed by atoms with E-state index >= 15 is 0 Å². The van der Waals surface area contributed by atoms with Gasteiger partial charge >= 0.3 is 0 Å². The molecule has 0 aliphatic rings. The minimum atomic E-state index is -0.263. The van der Waals surface area contributed by atoms with Crippen LogP contribution >= 0.6 is 0 Å². The summed E-state index contributed by atoms with van der Waals surface area (Å²) in [5.74, 6) is -0.263. The number of fused-ring (bicyclic) bond motifs is 2. The van der Waals surface area contributed by atoms with Crippen LogP contribution in [0.2, 0.25) is 0 Å².